The first kappa shape index (κ1) is 12.8. The second-order valence-electron chi connectivity index (χ2n) is 7.75. The van der Waals surface area contributed by atoms with Crippen LogP contribution in [0.1, 0.15) is 38.5 Å². The van der Waals surface area contributed by atoms with Crippen LogP contribution in [-0.4, -0.2) is 30.3 Å². The smallest absolute Gasteiger partial charge is 0.152 e. The SMILES string of the molecule is N#CC1CN(CC2C3CC4CC(C3)CC2C4)CCC1=O. The molecule has 0 radical (unpaired) electrons. The van der Waals surface area contributed by atoms with Crippen LogP contribution in [-0.2, 0) is 4.79 Å². The van der Waals surface area contributed by atoms with Gasteiger partial charge >= 0.3 is 0 Å². The third-order valence-corrected chi connectivity index (χ3v) is 6.55. The van der Waals surface area contributed by atoms with Crippen molar-refractivity contribution in [1.82, 2.24) is 4.90 Å². The third kappa shape index (κ3) is 2.09. The molecule has 1 unspecified atom stereocenters. The molecule has 4 aliphatic carbocycles. The minimum absolute atomic E-state index is 0.161. The fourth-order valence-corrected chi connectivity index (χ4v) is 5.81. The number of hydrogen-bond acceptors (Lipinski definition) is 3. The molecular formula is C17H24N2O. The maximum Gasteiger partial charge on any atom is 0.152 e. The highest BCUT2D eigenvalue weighted by Crippen LogP contribution is 2.56. The Labute approximate surface area is 121 Å². The Bertz CT molecular complexity index is 424. The topological polar surface area (TPSA) is 44.1 Å². The molecule has 0 aromatic rings. The minimum atomic E-state index is -0.361. The first-order valence-corrected chi connectivity index (χ1v) is 8.37. The van der Waals surface area contributed by atoms with Crippen molar-refractivity contribution in [2.75, 3.05) is 19.6 Å². The lowest BCUT2D eigenvalue weighted by molar-refractivity contribution is -0.125. The van der Waals surface area contributed by atoms with E-state index in [4.69, 9.17) is 5.26 Å². The normalized spacial score (nSPS) is 47.5. The molecule has 4 saturated carbocycles. The van der Waals surface area contributed by atoms with Gasteiger partial charge in [0, 0.05) is 26.1 Å². The Morgan fingerprint density at radius 3 is 2.35 bits per heavy atom. The van der Waals surface area contributed by atoms with E-state index in [0.717, 1.165) is 42.7 Å². The highest BCUT2D eigenvalue weighted by molar-refractivity contribution is 5.84. The quantitative estimate of drug-likeness (QED) is 0.775. The van der Waals surface area contributed by atoms with Gasteiger partial charge in [0.2, 0.25) is 0 Å². The van der Waals surface area contributed by atoms with Gasteiger partial charge in [-0.1, -0.05) is 0 Å². The monoisotopic (exact) mass is 272 g/mol. The van der Waals surface area contributed by atoms with Gasteiger partial charge in [0.25, 0.3) is 0 Å². The van der Waals surface area contributed by atoms with E-state index in [1.54, 1.807) is 0 Å². The van der Waals surface area contributed by atoms with E-state index < -0.39 is 0 Å². The van der Waals surface area contributed by atoms with E-state index in [-0.39, 0.29) is 11.7 Å². The zero-order valence-electron chi connectivity index (χ0n) is 12.1. The van der Waals surface area contributed by atoms with Gasteiger partial charge in [0.1, 0.15) is 5.92 Å². The highest BCUT2D eigenvalue weighted by Gasteiger charge is 2.48. The van der Waals surface area contributed by atoms with Gasteiger partial charge < -0.3 is 4.90 Å². The first-order valence-electron chi connectivity index (χ1n) is 8.37. The lowest BCUT2D eigenvalue weighted by atomic mass is 9.52. The highest BCUT2D eigenvalue weighted by atomic mass is 16.1. The average Bonchev–Trinajstić information content (AvgIpc) is 2.44. The van der Waals surface area contributed by atoms with Gasteiger partial charge in [0.15, 0.2) is 5.78 Å². The van der Waals surface area contributed by atoms with Crippen molar-refractivity contribution in [2.45, 2.75) is 38.5 Å². The van der Waals surface area contributed by atoms with Crippen molar-refractivity contribution >= 4 is 5.78 Å². The van der Waals surface area contributed by atoms with Crippen LogP contribution in [0.3, 0.4) is 0 Å². The van der Waals surface area contributed by atoms with E-state index in [2.05, 4.69) is 11.0 Å². The van der Waals surface area contributed by atoms with Crippen LogP contribution in [0.5, 0.6) is 0 Å². The summed E-state index contributed by atoms with van der Waals surface area (Å²) in [5.41, 5.74) is 0. The van der Waals surface area contributed by atoms with Gasteiger partial charge in [0.05, 0.1) is 6.07 Å². The molecule has 1 saturated heterocycles. The number of nitrogens with zero attached hydrogens (tertiary/aromatic N) is 2. The van der Waals surface area contributed by atoms with Gasteiger partial charge in [-0.25, -0.2) is 0 Å². The predicted molar refractivity (Wildman–Crippen MR) is 75.7 cm³/mol. The van der Waals surface area contributed by atoms with Crippen molar-refractivity contribution in [3.8, 4) is 6.07 Å². The van der Waals surface area contributed by atoms with E-state index in [9.17, 15) is 4.79 Å². The molecule has 1 heterocycles. The molecule has 0 amide bonds. The lowest BCUT2D eigenvalue weighted by Crippen LogP contribution is -2.51. The molecule has 3 nitrogen and oxygen atoms in total. The Kier molecular flexibility index (Phi) is 3.11. The Morgan fingerprint density at radius 2 is 1.75 bits per heavy atom. The number of Topliss-reactive ketones (excluding diaryl/α,β-unsaturated/α-hetero) is 1. The van der Waals surface area contributed by atoms with Crippen molar-refractivity contribution in [1.29, 1.82) is 5.26 Å². The number of carbonyl (C=O) groups is 1. The van der Waals surface area contributed by atoms with Crippen LogP contribution in [0.25, 0.3) is 0 Å². The summed E-state index contributed by atoms with van der Waals surface area (Å²) < 4.78 is 0. The predicted octanol–water partition coefficient (Wildman–Crippen LogP) is 2.47. The van der Waals surface area contributed by atoms with Crippen LogP contribution in [0, 0.1) is 46.8 Å². The van der Waals surface area contributed by atoms with Crippen LogP contribution >= 0.6 is 0 Å². The zero-order valence-corrected chi connectivity index (χ0v) is 12.1. The van der Waals surface area contributed by atoms with Crippen molar-refractivity contribution in [2.24, 2.45) is 35.5 Å². The summed E-state index contributed by atoms with van der Waals surface area (Å²) in [6, 6.07) is 2.19. The molecule has 0 aromatic heterocycles. The number of carbonyl (C=O) groups excluding carboxylic acids is 1. The fraction of sp³-hybridized carbons (Fsp3) is 0.882. The van der Waals surface area contributed by atoms with E-state index >= 15 is 0 Å². The number of rotatable bonds is 2. The standard InChI is InChI=1S/C17H24N2O/c18-8-15-9-19(2-1-17(15)20)10-16-13-4-11-3-12(6-13)7-14(16)5-11/h11-16H,1-7,9-10H2. The second-order valence-corrected chi connectivity index (χ2v) is 7.75. The maximum atomic E-state index is 11.7. The molecular weight excluding hydrogens is 248 g/mol. The number of ketones is 1. The van der Waals surface area contributed by atoms with Crippen LogP contribution in [0.15, 0.2) is 0 Å². The molecule has 0 spiro atoms. The van der Waals surface area contributed by atoms with E-state index in [1.165, 1.54) is 32.1 Å². The van der Waals surface area contributed by atoms with Crippen molar-refractivity contribution in [3.63, 3.8) is 0 Å². The fourth-order valence-electron chi connectivity index (χ4n) is 5.81. The molecule has 4 bridgehead atoms. The van der Waals surface area contributed by atoms with Gasteiger partial charge in [-0.2, -0.15) is 5.26 Å². The Hall–Kier alpha value is -0.880. The largest absolute Gasteiger partial charge is 0.301 e. The summed E-state index contributed by atoms with van der Waals surface area (Å²) in [5.74, 6) is 4.62. The summed E-state index contributed by atoms with van der Waals surface area (Å²) in [4.78, 5) is 14.1. The van der Waals surface area contributed by atoms with Crippen LogP contribution < -0.4 is 0 Å². The van der Waals surface area contributed by atoms with Gasteiger partial charge in [-0.3, -0.25) is 4.79 Å². The third-order valence-electron chi connectivity index (χ3n) is 6.55. The van der Waals surface area contributed by atoms with E-state index in [0.29, 0.717) is 13.0 Å². The molecule has 5 rings (SSSR count). The summed E-state index contributed by atoms with van der Waals surface area (Å²) in [7, 11) is 0. The molecule has 3 heteroatoms. The number of piperidine rings is 1. The molecule has 0 aromatic carbocycles. The molecule has 5 fully saturated rings. The number of likely N-dealkylation sites (tertiary alicyclic amines) is 1. The van der Waals surface area contributed by atoms with Gasteiger partial charge in [-0.05, 0) is 61.7 Å². The average molecular weight is 272 g/mol. The number of nitriles is 1. The Balaban J connectivity index is 1.42. The van der Waals surface area contributed by atoms with Crippen LogP contribution in [0.4, 0.5) is 0 Å². The second kappa shape index (κ2) is 4.84. The summed E-state index contributed by atoms with van der Waals surface area (Å²) in [6.45, 7) is 2.73. The maximum absolute atomic E-state index is 11.7. The first-order chi connectivity index (χ1) is 9.72. The number of hydrogen-bond donors (Lipinski definition) is 0. The van der Waals surface area contributed by atoms with E-state index in [1.807, 2.05) is 0 Å². The molecule has 0 N–H and O–H groups in total. The van der Waals surface area contributed by atoms with Crippen molar-refractivity contribution in [3.05, 3.63) is 0 Å². The molecule has 1 atom stereocenters. The summed E-state index contributed by atoms with van der Waals surface area (Å²) in [6.07, 6.45) is 7.95. The molecule has 1 aliphatic heterocycles. The van der Waals surface area contributed by atoms with Crippen molar-refractivity contribution < 1.29 is 4.79 Å². The summed E-state index contributed by atoms with van der Waals surface area (Å²) >= 11 is 0. The molecule has 20 heavy (non-hydrogen) atoms. The molecule has 108 valence electrons. The lowest BCUT2D eigenvalue weighted by Gasteiger charge is -2.55. The van der Waals surface area contributed by atoms with Crippen LogP contribution in [0.2, 0.25) is 0 Å². The zero-order chi connectivity index (χ0) is 13.7. The minimum Gasteiger partial charge on any atom is -0.301 e. The van der Waals surface area contributed by atoms with Gasteiger partial charge in [-0.15, -0.1) is 0 Å². The summed E-state index contributed by atoms with van der Waals surface area (Å²) in [5, 5.41) is 9.09. The Morgan fingerprint density at radius 1 is 1.10 bits per heavy atom. The molecule has 5 aliphatic rings.